The summed E-state index contributed by atoms with van der Waals surface area (Å²) in [4.78, 5) is 2.37. The lowest BCUT2D eigenvalue weighted by Gasteiger charge is -2.27. The Labute approximate surface area is 401 Å². The topological polar surface area (TPSA) is 21.3 Å². The highest BCUT2D eigenvalue weighted by Crippen LogP contribution is 2.46. The third-order valence-electron chi connectivity index (χ3n) is 13.6. The van der Waals surface area contributed by atoms with Gasteiger partial charge < -0.3 is 13.9 Å². The van der Waals surface area contributed by atoms with Crippen LogP contribution in [0.3, 0.4) is 0 Å². The van der Waals surface area contributed by atoms with Gasteiger partial charge in [0.25, 0.3) is 0 Å². The van der Waals surface area contributed by atoms with Crippen molar-refractivity contribution in [3.05, 3.63) is 267 Å². The van der Waals surface area contributed by atoms with Crippen molar-refractivity contribution in [1.29, 1.82) is 0 Å². The van der Waals surface area contributed by atoms with Gasteiger partial charge in [0.1, 0.15) is 11.2 Å². The summed E-state index contributed by atoms with van der Waals surface area (Å²) in [6, 6.07) is 96.1. The smallest absolute Gasteiger partial charge is 0.143 e. The fourth-order valence-electron chi connectivity index (χ4n) is 10.5. The van der Waals surface area contributed by atoms with E-state index in [4.69, 9.17) is 4.42 Å². The Hall–Kier alpha value is -9.18. The molecule has 0 saturated heterocycles. The van der Waals surface area contributed by atoms with Gasteiger partial charge in [-0.05, 0) is 111 Å². The van der Waals surface area contributed by atoms with Crippen molar-refractivity contribution in [2.45, 2.75) is 0 Å². The number of fused-ring (bicyclic) bond motifs is 6. The van der Waals surface area contributed by atoms with Crippen LogP contribution in [0.2, 0.25) is 0 Å². The highest BCUT2D eigenvalue weighted by molar-refractivity contribution is 6.10. The second-order valence-corrected chi connectivity index (χ2v) is 17.6. The Morgan fingerprint density at radius 1 is 0.290 bits per heavy atom. The summed E-state index contributed by atoms with van der Waals surface area (Å²) in [7, 11) is 0. The number of aromatic nitrogens is 1. The third-order valence-corrected chi connectivity index (χ3v) is 13.6. The highest BCUT2D eigenvalue weighted by Gasteiger charge is 2.21. The molecule has 13 rings (SSSR count). The van der Waals surface area contributed by atoms with E-state index >= 15 is 0 Å². The summed E-state index contributed by atoms with van der Waals surface area (Å²) in [5, 5.41) is 4.73. The normalized spacial score (nSPS) is 11.5. The molecular weight excluding hydrogens is 837 g/mol. The Morgan fingerprint density at radius 3 is 1.39 bits per heavy atom. The second-order valence-electron chi connectivity index (χ2n) is 17.6. The van der Waals surface area contributed by atoms with Crippen molar-refractivity contribution in [3.63, 3.8) is 0 Å². The van der Waals surface area contributed by atoms with Crippen molar-refractivity contribution in [2.75, 3.05) is 4.90 Å². The van der Waals surface area contributed by atoms with Gasteiger partial charge in [-0.1, -0.05) is 206 Å². The number of para-hydroxylation sites is 4. The van der Waals surface area contributed by atoms with Gasteiger partial charge in [-0.3, -0.25) is 0 Å². The highest BCUT2D eigenvalue weighted by atomic mass is 16.3. The molecule has 0 fully saturated rings. The first-order valence-electron chi connectivity index (χ1n) is 23.6. The van der Waals surface area contributed by atoms with Crippen LogP contribution < -0.4 is 4.90 Å². The first-order valence-corrected chi connectivity index (χ1v) is 23.6. The SMILES string of the molecule is c1ccc(-c2ccccc2-c2c(-c3ccccc3)cccc2-c2ccc(N(c3ccc(-c4cccc5c4oc4ccccc45)cc3)c3cccc(-n4c5ccccc5c5ccccc54)c3)cc2)cc1. The molecule has 0 saturated carbocycles. The van der Waals surface area contributed by atoms with E-state index in [1.807, 2.05) is 12.1 Å². The van der Waals surface area contributed by atoms with Gasteiger partial charge in [-0.15, -0.1) is 0 Å². The van der Waals surface area contributed by atoms with Crippen LogP contribution in [-0.4, -0.2) is 4.57 Å². The maximum absolute atomic E-state index is 6.50. The van der Waals surface area contributed by atoms with E-state index in [-0.39, 0.29) is 0 Å². The van der Waals surface area contributed by atoms with Gasteiger partial charge in [0, 0.05) is 49.9 Å². The zero-order valence-corrected chi connectivity index (χ0v) is 37.7. The van der Waals surface area contributed by atoms with Gasteiger partial charge in [-0.2, -0.15) is 0 Å². The van der Waals surface area contributed by atoms with Crippen LogP contribution in [-0.2, 0) is 0 Å². The number of anilines is 3. The molecule has 0 unspecified atom stereocenters. The summed E-state index contributed by atoms with van der Waals surface area (Å²) in [6.07, 6.45) is 0. The predicted molar refractivity (Wildman–Crippen MR) is 290 cm³/mol. The zero-order chi connectivity index (χ0) is 45.7. The van der Waals surface area contributed by atoms with Gasteiger partial charge in [0.05, 0.1) is 11.0 Å². The quantitative estimate of drug-likeness (QED) is 0.144. The van der Waals surface area contributed by atoms with E-state index in [9.17, 15) is 0 Å². The van der Waals surface area contributed by atoms with Crippen LogP contribution in [0.25, 0.3) is 105 Å². The average Bonchev–Trinajstić information content (AvgIpc) is 3.98. The van der Waals surface area contributed by atoms with Gasteiger partial charge in [0.2, 0.25) is 0 Å². The van der Waals surface area contributed by atoms with E-state index in [1.165, 1.54) is 60.8 Å². The molecule has 2 aromatic heterocycles. The summed E-state index contributed by atoms with van der Waals surface area (Å²) in [5.41, 5.74) is 20.1. The van der Waals surface area contributed by atoms with Crippen molar-refractivity contribution < 1.29 is 4.42 Å². The molecule has 13 aromatic rings. The van der Waals surface area contributed by atoms with Crippen LogP contribution >= 0.6 is 0 Å². The summed E-state index contributed by atoms with van der Waals surface area (Å²) in [6.45, 7) is 0. The third kappa shape index (κ3) is 6.99. The van der Waals surface area contributed by atoms with Crippen LogP contribution in [0, 0.1) is 0 Å². The van der Waals surface area contributed by atoms with E-state index < -0.39 is 0 Å². The van der Waals surface area contributed by atoms with Crippen molar-refractivity contribution in [3.8, 4) is 61.3 Å². The minimum Gasteiger partial charge on any atom is -0.455 e. The first kappa shape index (κ1) is 40.1. The lowest BCUT2D eigenvalue weighted by molar-refractivity contribution is 0.670. The fraction of sp³-hybridized carbons (Fsp3) is 0. The van der Waals surface area contributed by atoms with Crippen LogP contribution in [0.1, 0.15) is 0 Å². The first-order chi connectivity index (χ1) is 34.2. The maximum atomic E-state index is 6.50. The minimum absolute atomic E-state index is 0.897. The average molecular weight is 881 g/mol. The van der Waals surface area contributed by atoms with Crippen LogP contribution in [0.5, 0.6) is 0 Å². The van der Waals surface area contributed by atoms with Crippen LogP contribution in [0.4, 0.5) is 17.1 Å². The molecule has 0 bridgehead atoms. The monoisotopic (exact) mass is 880 g/mol. The van der Waals surface area contributed by atoms with Crippen LogP contribution in [0.15, 0.2) is 271 Å². The number of rotatable bonds is 9. The van der Waals surface area contributed by atoms with Crippen molar-refractivity contribution >= 4 is 60.8 Å². The molecule has 3 nitrogen and oxygen atoms in total. The second kappa shape index (κ2) is 16.9. The number of hydrogen-bond acceptors (Lipinski definition) is 2. The molecule has 0 spiro atoms. The lowest BCUT2D eigenvalue weighted by atomic mass is 9.84. The Bertz CT molecular complexity index is 3940. The molecule has 11 aromatic carbocycles. The number of hydrogen-bond donors (Lipinski definition) is 0. The number of nitrogens with zero attached hydrogens (tertiary/aromatic N) is 2. The molecule has 3 heteroatoms. The zero-order valence-electron chi connectivity index (χ0n) is 37.7. The van der Waals surface area contributed by atoms with Gasteiger partial charge >= 0.3 is 0 Å². The summed E-state index contributed by atoms with van der Waals surface area (Å²) >= 11 is 0. The molecular formula is C66H44N2O. The molecule has 0 atom stereocenters. The van der Waals surface area contributed by atoms with E-state index in [0.717, 1.165) is 61.4 Å². The number of benzene rings is 11. The molecule has 0 radical (unpaired) electrons. The molecule has 0 N–H and O–H groups in total. The summed E-state index contributed by atoms with van der Waals surface area (Å²) in [5.74, 6) is 0. The summed E-state index contributed by atoms with van der Waals surface area (Å²) < 4.78 is 8.89. The molecule has 324 valence electrons. The lowest BCUT2D eigenvalue weighted by Crippen LogP contribution is -2.10. The Balaban J connectivity index is 0.965. The minimum atomic E-state index is 0.897. The molecule has 0 amide bonds. The Morgan fingerprint density at radius 2 is 0.739 bits per heavy atom. The fourth-order valence-corrected chi connectivity index (χ4v) is 10.5. The van der Waals surface area contributed by atoms with Gasteiger partial charge in [-0.25, -0.2) is 0 Å². The van der Waals surface area contributed by atoms with Gasteiger partial charge in [0.15, 0.2) is 0 Å². The molecule has 0 aliphatic carbocycles. The van der Waals surface area contributed by atoms with E-state index in [2.05, 4.69) is 264 Å². The standard InChI is InChI=1S/C66H44N2O/c1-3-18-45(19-4-1)53-24-7-8-28-60(53)65-54(46-20-5-2-6-21-46)29-16-30-55(65)47-36-40-49(41-37-47)67(50-42-38-48(39-43-50)56-31-17-32-61-59-27-11-14-35-64(59)69-66(56)61)51-22-15-23-52(44-51)68-62-33-12-9-25-57(62)58-26-10-13-34-63(58)68/h1-44H. The Kier molecular flexibility index (Phi) is 9.84. The molecule has 69 heavy (non-hydrogen) atoms. The van der Waals surface area contributed by atoms with E-state index in [0.29, 0.717) is 0 Å². The predicted octanol–water partition coefficient (Wildman–Crippen LogP) is 18.5. The maximum Gasteiger partial charge on any atom is 0.143 e. The van der Waals surface area contributed by atoms with Crippen molar-refractivity contribution in [2.24, 2.45) is 0 Å². The van der Waals surface area contributed by atoms with Crippen molar-refractivity contribution in [1.82, 2.24) is 4.57 Å². The molecule has 2 heterocycles. The molecule has 0 aliphatic heterocycles. The molecule has 0 aliphatic rings. The number of furan rings is 1. The largest absolute Gasteiger partial charge is 0.455 e. The van der Waals surface area contributed by atoms with E-state index in [1.54, 1.807) is 0 Å².